The molecule has 1 heterocycles. The lowest BCUT2D eigenvalue weighted by Crippen LogP contribution is -2.39. The van der Waals surface area contributed by atoms with Crippen LogP contribution in [0.4, 0.5) is 0 Å². The highest BCUT2D eigenvalue weighted by Gasteiger charge is 2.21. The maximum absolute atomic E-state index is 11.1. The van der Waals surface area contributed by atoms with Crippen LogP contribution in [0.15, 0.2) is 24.3 Å². The Bertz CT molecular complexity index is 485. The van der Waals surface area contributed by atoms with Crippen LogP contribution in [0, 0.1) is 11.8 Å². The summed E-state index contributed by atoms with van der Waals surface area (Å²) < 4.78 is 5.84. The predicted molar refractivity (Wildman–Crippen MR) is 95.0 cm³/mol. The van der Waals surface area contributed by atoms with Crippen LogP contribution in [0.2, 0.25) is 0 Å². The van der Waals surface area contributed by atoms with Crippen molar-refractivity contribution in [1.82, 2.24) is 4.90 Å². The topological polar surface area (TPSA) is 29.5 Å². The average molecular weight is 317 g/mol. The number of likely N-dealkylation sites (tertiary alicyclic amines) is 1. The Morgan fingerprint density at radius 1 is 1.17 bits per heavy atom. The molecule has 3 nitrogen and oxygen atoms in total. The molecular weight excluding hydrogens is 286 g/mol. The SMILES string of the molecule is CC1C[C@H](C)CN(CCCOc2ccc(C(C)(C)C=O)cc2)C1. The van der Waals surface area contributed by atoms with Crippen LogP contribution in [0.5, 0.6) is 5.75 Å². The minimum Gasteiger partial charge on any atom is -0.494 e. The highest BCUT2D eigenvalue weighted by Crippen LogP contribution is 2.23. The zero-order valence-corrected chi connectivity index (χ0v) is 15.0. The lowest BCUT2D eigenvalue weighted by Gasteiger charge is -2.34. The van der Waals surface area contributed by atoms with Gasteiger partial charge >= 0.3 is 0 Å². The smallest absolute Gasteiger partial charge is 0.129 e. The van der Waals surface area contributed by atoms with E-state index >= 15 is 0 Å². The maximum Gasteiger partial charge on any atom is 0.129 e. The van der Waals surface area contributed by atoms with Crippen LogP contribution < -0.4 is 4.74 Å². The van der Waals surface area contributed by atoms with Crippen LogP contribution in [0.25, 0.3) is 0 Å². The van der Waals surface area contributed by atoms with Crippen LogP contribution in [-0.4, -0.2) is 37.4 Å². The molecule has 0 aromatic heterocycles. The summed E-state index contributed by atoms with van der Waals surface area (Å²) in [4.78, 5) is 13.7. The van der Waals surface area contributed by atoms with Gasteiger partial charge in [-0.3, -0.25) is 0 Å². The van der Waals surface area contributed by atoms with E-state index in [2.05, 4.69) is 18.7 Å². The molecule has 0 aliphatic carbocycles. The van der Waals surface area contributed by atoms with Gasteiger partial charge in [-0.2, -0.15) is 0 Å². The van der Waals surface area contributed by atoms with E-state index in [9.17, 15) is 4.79 Å². The van der Waals surface area contributed by atoms with E-state index in [4.69, 9.17) is 4.74 Å². The first-order valence-electron chi connectivity index (χ1n) is 8.82. The Balaban J connectivity index is 1.73. The number of nitrogens with zero attached hydrogens (tertiary/aromatic N) is 1. The fourth-order valence-electron chi connectivity index (χ4n) is 3.50. The molecule has 23 heavy (non-hydrogen) atoms. The summed E-state index contributed by atoms with van der Waals surface area (Å²) in [5.74, 6) is 2.51. The first kappa shape index (κ1) is 18.0. The molecule has 1 aromatic rings. The molecule has 0 N–H and O–H groups in total. The number of ether oxygens (including phenoxy) is 1. The van der Waals surface area contributed by atoms with E-state index in [1.54, 1.807) is 0 Å². The molecule has 1 fully saturated rings. The number of hydrogen-bond acceptors (Lipinski definition) is 3. The summed E-state index contributed by atoms with van der Waals surface area (Å²) in [5.41, 5.74) is 0.594. The molecule has 1 aliphatic rings. The second kappa shape index (κ2) is 7.96. The number of rotatable bonds is 7. The molecule has 2 atom stereocenters. The van der Waals surface area contributed by atoms with Crippen molar-refractivity contribution in [3.8, 4) is 5.75 Å². The monoisotopic (exact) mass is 317 g/mol. The lowest BCUT2D eigenvalue weighted by atomic mass is 9.86. The Morgan fingerprint density at radius 2 is 1.78 bits per heavy atom. The summed E-state index contributed by atoms with van der Waals surface area (Å²) in [7, 11) is 0. The van der Waals surface area contributed by atoms with Gasteiger partial charge in [0, 0.05) is 25.0 Å². The second-order valence-corrected chi connectivity index (χ2v) is 7.77. The van der Waals surface area contributed by atoms with Crippen LogP contribution in [-0.2, 0) is 10.2 Å². The summed E-state index contributed by atoms with van der Waals surface area (Å²) in [6.07, 6.45) is 3.40. The van der Waals surface area contributed by atoms with Crippen molar-refractivity contribution in [3.05, 3.63) is 29.8 Å². The predicted octanol–water partition coefficient (Wildman–Crippen LogP) is 3.91. The van der Waals surface area contributed by atoms with Crippen molar-refractivity contribution in [1.29, 1.82) is 0 Å². The third kappa shape index (κ3) is 5.35. The molecule has 1 aliphatic heterocycles. The Hall–Kier alpha value is -1.35. The van der Waals surface area contributed by atoms with Crippen molar-refractivity contribution in [3.63, 3.8) is 0 Å². The van der Waals surface area contributed by atoms with Crippen LogP contribution in [0.1, 0.15) is 46.1 Å². The molecule has 0 amide bonds. The van der Waals surface area contributed by atoms with E-state index in [1.165, 1.54) is 19.5 Å². The summed E-state index contributed by atoms with van der Waals surface area (Å²) >= 11 is 0. The fraction of sp³-hybridized carbons (Fsp3) is 0.650. The third-order valence-electron chi connectivity index (χ3n) is 4.72. The maximum atomic E-state index is 11.1. The highest BCUT2D eigenvalue weighted by atomic mass is 16.5. The third-order valence-corrected chi connectivity index (χ3v) is 4.72. The number of aldehydes is 1. The Kier molecular flexibility index (Phi) is 6.23. The molecule has 1 saturated heterocycles. The molecule has 3 heteroatoms. The van der Waals surface area contributed by atoms with Gasteiger partial charge in [0.15, 0.2) is 0 Å². The zero-order valence-electron chi connectivity index (χ0n) is 15.0. The second-order valence-electron chi connectivity index (χ2n) is 7.77. The highest BCUT2D eigenvalue weighted by molar-refractivity contribution is 5.67. The molecule has 2 rings (SSSR count). The van der Waals surface area contributed by atoms with E-state index < -0.39 is 5.41 Å². The number of carbonyl (C=O) groups excluding carboxylic acids is 1. The molecule has 0 saturated carbocycles. The number of piperidine rings is 1. The van der Waals surface area contributed by atoms with Gasteiger partial charge in [-0.05, 0) is 56.2 Å². The first-order valence-corrected chi connectivity index (χ1v) is 8.82. The lowest BCUT2D eigenvalue weighted by molar-refractivity contribution is -0.111. The van der Waals surface area contributed by atoms with Crippen LogP contribution in [0.3, 0.4) is 0 Å². The molecule has 0 radical (unpaired) electrons. The first-order chi connectivity index (χ1) is 10.9. The van der Waals surface area contributed by atoms with Crippen molar-refractivity contribution < 1.29 is 9.53 Å². The van der Waals surface area contributed by atoms with Crippen molar-refractivity contribution in [2.45, 2.75) is 46.0 Å². The van der Waals surface area contributed by atoms with Gasteiger partial charge in [0.1, 0.15) is 12.0 Å². The summed E-state index contributed by atoms with van der Waals surface area (Å²) in [6.45, 7) is 12.9. The standard InChI is InChI=1S/C20H31NO2/c1-16-12-17(2)14-21(13-16)10-5-11-23-19-8-6-18(7-9-19)20(3,4)15-22/h6-9,15-17H,5,10-14H2,1-4H3/t16-,17?/m0/s1. The molecular formula is C20H31NO2. The van der Waals surface area contributed by atoms with E-state index in [1.807, 2.05) is 38.1 Å². The van der Waals surface area contributed by atoms with Crippen LogP contribution >= 0.6 is 0 Å². The summed E-state index contributed by atoms with van der Waals surface area (Å²) in [5, 5.41) is 0. The van der Waals surface area contributed by atoms with Gasteiger partial charge in [0.2, 0.25) is 0 Å². The molecule has 0 spiro atoms. The van der Waals surface area contributed by atoms with E-state index in [0.29, 0.717) is 0 Å². The van der Waals surface area contributed by atoms with Crippen molar-refractivity contribution in [2.24, 2.45) is 11.8 Å². The van der Waals surface area contributed by atoms with Gasteiger partial charge in [-0.1, -0.05) is 26.0 Å². The number of hydrogen-bond donors (Lipinski definition) is 0. The Labute approximate surface area is 141 Å². The van der Waals surface area contributed by atoms with Gasteiger partial charge in [-0.15, -0.1) is 0 Å². The van der Waals surface area contributed by atoms with Crippen molar-refractivity contribution >= 4 is 6.29 Å². The number of benzene rings is 1. The number of carbonyl (C=O) groups is 1. The molecule has 0 bridgehead atoms. The van der Waals surface area contributed by atoms with Gasteiger partial charge in [0.25, 0.3) is 0 Å². The molecule has 1 aromatic carbocycles. The van der Waals surface area contributed by atoms with E-state index in [-0.39, 0.29) is 0 Å². The quantitative estimate of drug-likeness (QED) is 0.564. The Morgan fingerprint density at radius 3 is 2.35 bits per heavy atom. The summed E-state index contributed by atoms with van der Waals surface area (Å²) in [6, 6.07) is 7.90. The van der Waals surface area contributed by atoms with Crippen molar-refractivity contribution in [2.75, 3.05) is 26.2 Å². The molecule has 1 unspecified atom stereocenters. The average Bonchev–Trinajstić information content (AvgIpc) is 2.51. The molecule has 128 valence electrons. The van der Waals surface area contributed by atoms with Gasteiger partial charge in [-0.25, -0.2) is 0 Å². The minimum absolute atomic E-state index is 0.430. The normalized spacial score (nSPS) is 22.8. The largest absolute Gasteiger partial charge is 0.494 e. The van der Waals surface area contributed by atoms with Gasteiger partial charge in [0.05, 0.1) is 6.61 Å². The minimum atomic E-state index is -0.430. The zero-order chi connectivity index (χ0) is 16.9. The fourth-order valence-corrected chi connectivity index (χ4v) is 3.50. The van der Waals surface area contributed by atoms with E-state index in [0.717, 1.165) is 49.0 Å². The van der Waals surface area contributed by atoms with Gasteiger partial charge < -0.3 is 14.4 Å².